The van der Waals surface area contributed by atoms with Crippen LogP contribution in [0.3, 0.4) is 0 Å². The molecule has 12 heteroatoms. The molecular formula is C28H32F2N6O4. The van der Waals surface area contributed by atoms with E-state index in [1.807, 2.05) is 13.0 Å². The third-order valence-corrected chi connectivity index (χ3v) is 8.05. The van der Waals surface area contributed by atoms with Crippen molar-refractivity contribution in [3.05, 3.63) is 29.5 Å². The zero-order valence-electron chi connectivity index (χ0n) is 22.7. The van der Waals surface area contributed by atoms with E-state index in [4.69, 9.17) is 9.47 Å². The van der Waals surface area contributed by atoms with Crippen molar-refractivity contribution in [2.45, 2.75) is 64.8 Å². The standard InChI is InChI=1S/C28H32F2N6O4/c1-14(16-4-5-16)36-13-18-10-17(11-21(40-27(29)30)22(18)26(36)38)20-12-31-24-23(20)25(34-28(33-24)32-15(2)37)39-19-6-8-35(3)9-7-19/h10-12,14,16,19,27H,4-9,13H2,1-3H3,(H2,31,32,33,34,37)/t14-/m0/s1. The number of rotatable bonds is 8. The lowest BCUT2D eigenvalue weighted by Gasteiger charge is -2.29. The van der Waals surface area contributed by atoms with E-state index in [9.17, 15) is 18.4 Å². The number of H-pyrrole nitrogens is 1. The van der Waals surface area contributed by atoms with Gasteiger partial charge in [-0.05, 0) is 68.8 Å². The monoisotopic (exact) mass is 554 g/mol. The summed E-state index contributed by atoms with van der Waals surface area (Å²) in [4.78, 5) is 41.1. The van der Waals surface area contributed by atoms with Gasteiger partial charge in [0.1, 0.15) is 17.5 Å². The molecule has 2 amide bonds. The summed E-state index contributed by atoms with van der Waals surface area (Å²) in [6.45, 7) is 2.36. The Kier molecular flexibility index (Phi) is 6.81. The average molecular weight is 555 g/mol. The number of anilines is 1. The minimum Gasteiger partial charge on any atom is -0.474 e. The van der Waals surface area contributed by atoms with E-state index in [0.717, 1.165) is 38.8 Å². The van der Waals surface area contributed by atoms with Crippen molar-refractivity contribution in [3.8, 4) is 22.8 Å². The highest BCUT2D eigenvalue weighted by Gasteiger charge is 2.40. The molecule has 2 N–H and O–H groups in total. The van der Waals surface area contributed by atoms with Gasteiger partial charge in [0.15, 0.2) is 0 Å². The fraction of sp³-hybridized carbons (Fsp3) is 0.500. The molecule has 1 saturated heterocycles. The fourth-order valence-corrected chi connectivity index (χ4v) is 5.73. The minimum atomic E-state index is -3.09. The Hall–Kier alpha value is -3.80. The molecule has 212 valence electrons. The number of nitrogens with zero attached hydrogens (tertiary/aromatic N) is 4. The molecule has 1 aromatic carbocycles. The van der Waals surface area contributed by atoms with Crippen LogP contribution in [0.1, 0.15) is 55.5 Å². The van der Waals surface area contributed by atoms with Crippen molar-refractivity contribution < 1.29 is 27.8 Å². The predicted octanol–water partition coefficient (Wildman–Crippen LogP) is 4.41. The second-order valence-corrected chi connectivity index (χ2v) is 11.0. The third kappa shape index (κ3) is 5.07. The molecule has 0 radical (unpaired) electrons. The molecule has 3 aromatic rings. The van der Waals surface area contributed by atoms with Crippen LogP contribution < -0.4 is 14.8 Å². The largest absolute Gasteiger partial charge is 0.474 e. The number of amides is 2. The van der Waals surface area contributed by atoms with Crippen LogP contribution in [0.4, 0.5) is 14.7 Å². The highest BCUT2D eigenvalue weighted by Crippen LogP contribution is 2.44. The normalized spacial score (nSPS) is 18.9. The number of halogens is 2. The average Bonchev–Trinajstić information content (AvgIpc) is 3.57. The van der Waals surface area contributed by atoms with Crippen molar-refractivity contribution in [2.75, 3.05) is 25.5 Å². The quantitative estimate of drug-likeness (QED) is 0.424. The summed E-state index contributed by atoms with van der Waals surface area (Å²) < 4.78 is 38.3. The van der Waals surface area contributed by atoms with Gasteiger partial charge in [-0.1, -0.05) is 0 Å². The van der Waals surface area contributed by atoms with Crippen LogP contribution in [0.5, 0.6) is 11.6 Å². The van der Waals surface area contributed by atoms with Crippen LogP contribution in [0.2, 0.25) is 0 Å². The number of hydrogen-bond acceptors (Lipinski definition) is 7. The second-order valence-electron chi connectivity index (χ2n) is 11.0. The van der Waals surface area contributed by atoms with Crippen LogP contribution in [0.15, 0.2) is 18.3 Å². The first kappa shape index (κ1) is 26.4. The Morgan fingerprint density at radius 1 is 1.18 bits per heavy atom. The van der Waals surface area contributed by atoms with Crippen molar-refractivity contribution in [3.63, 3.8) is 0 Å². The van der Waals surface area contributed by atoms with Gasteiger partial charge in [0.25, 0.3) is 5.91 Å². The lowest BCUT2D eigenvalue weighted by Crippen LogP contribution is -2.35. The number of aromatic amines is 1. The number of alkyl halides is 2. The molecule has 1 atom stereocenters. The minimum absolute atomic E-state index is 0.0194. The lowest BCUT2D eigenvalue weighted by atomic mass is 9.99. The number of hydrogen-bond donors (Lipinski definition) is 2. The Morgan fingerprint density at radius 3 is 2.60 bits per heavy atom. The first-order valence-corrected chi connectivity index (χ1v) is 13.6. The highest BCUT2D eigenvalue weighted by molar-refractivity contribution is 6.04. The van der Waals surface area contributed by atoms with Gasteiger partial charge >= 0.3 is 6.61 Å². The van der Waals surface area contributed by atoms with Gasteiger partial charge in [-0.2, -0.15) is 18.7 Å². The molecule has 0 bridgehead atoms. The SMILES string of the molecule is CC(=O)Nc1nc(OC2CCN(C)CC2)c2c(-c3cc4c(c(OC(F)F)c3)C(=O)N([C@@H](C)C3CC3)C4)c[nH]c2n1. The van der Waals surface area contributed by atoms with Gasteiger partial charge in [-0.25, -0.2) is 0 Å². The third-order valence-electron chi connectivity index (χ3n) is 8.05. The molecule has 2 aliphatic heterocycles. The molecule has 40 heavy (non-hydrogen) atoms. The van der Waals surface area contributed by atoms with Gasteiger partial charge < -0.3 is 24.3 Å². The first-order chi connectivity index (χ1) is 19.2. The molecule has 2 aromatic heterocycles. The maximum Gasteiger partial charge on any atom is 0.387 e. The molecule has 1 saturated carbocycles. The van der Waals surface area contributed by atoms with E-state index in [1.165, 1.54) is 13.0 Å². The number of aromatic nitrogens is 3. The zero-order chi connectivity index (χ0) is 28.1. The molecule has 10 nitrogen and oxygen atoms in total. The summed E-state index contributed by atoms with van der Waals surface area (Å²) >= 11 is 0. The fourth-order valence-electron chi connectivity index (χ4n) is 5.73. The second kappa shape index (κ2) is 10.3. The summed E-state index contributed by atoms with van der Waals surface area (Å²) in [5, 5.41) is 3.17. The smallest absolute Gasteiger partial charge is 0.387 e. The van der Waals surface area contributed by atoms with Gasteiger partial charge in [0, 0.05) is 44.4 Å². The Labute approximate surface area is 230 Å². The van der Waals surface area contributed by atoms with Gasteiger partial charge in [0.2, 0.25) is 17.7 Å². The summed E-state index contributed by atoms with van der Waals surface area (Å²) in [6.07, 6.45) is 5.34. The van der Waals surface area contributed by atoms with E-state index in [-0.39, 0.29) is 47.1 Å². The molecule has 0 spiro atoms. The van der Waals surface area contributed by atoms with Crippen molar-refractivity contribution in [1.29, 1.82) is 0 Å². The molecule has 4 heterocycles. The molecule has 6 rings (SSSR count). The van der Waals surface area contributed by atoms with E-state index in [1.54, 1.807) is 11.1 Å². The summed E-state index contributed by atoms with van der Waals surface area (Å²) in [6, 6.07) is 3.33. The van der Waals surface area contributed by atoms with Gasteiger partial charge in [-0.15, -0.1) is 0 Å². The number of nitrogens with one attached hydrogen (secondary N) is 2. The zero-order valence-corrected chi connectivity index (χ0v) is 22.7. The summed E-state index contributed by atoms with van der Waals surface area (Å²) in [7, 11) is 2.06. The van der Waals surface area contributed by atoms with Gasteiger partial charge in [-0.3, -0.25) is 14.9 Å². The number of carbonyl (C=O) groups is 2. The van der Waals surface area contributed by atoms with E-state index >= 15 is 0 Å². The Morgan fingerprint density at radius 2 is 1.93 bits per heavy atom. The number of likely N-dealkylation sites (tertiary alicyclic amines) is 1. The highest BCUT2D eigenvalue weighted by atomic mass is 19.3. The van der Waals surface area contributed by atoms with Gasteiger partial charge in [0.05, 0.1) is 10.9 Å². The number of fused-ring (bicyclic) bond motifs is 2. The number of carbonyl (C=O) groups excluding carboxylic acids is 2. The molecule has 1 aliphatic carbocycles. The number of ether oxygens (including phenoxy) is 2. The van der Waals surface area contributed by atoms with Crippen LogP contribution in [0.25, 0.3) is 22.2 Å². The van der Waals surface area contributed by atoms with E-state index < -0.39 is 6.61 Å². The van der Waals surface area contributed by atoms with E-state index in [0.29, 0.717) is 40.2 Å². The number of piperidine rings is 1. The van der Waals surface area contributed by atoms with Crippen molar-refractivity contribution in [2.24, 2.45) is 5.92 Å². The van der Waals surface area contributed by atoms with Crippen molar-refractivity contribution in [1.82, 2.24) is 24.8 Å². The van der Waals surface area contributed by atoms with E-state index in [2.05, 4.69) is 32.2 Å². The topological polar surface area (TPSA) is 113 Å². The Balaban J connectivity index is 1.44. The predicted molar refractivity (Wildman–Crippen MR) is 143 cm³/mol. The summed E-state index contributed by atoms with van der Waals surface area (Å²) in [5.74, 6) is 0.0586. The lowest BCUT2D eigenvalue weighted by molar-refractivity contribution is -0.114. The van der Waals surface area contributed by atoms with Crippen LogP contribution in [0, 0.1) is 5.92 Å². The van der Waals surface area contributed by atoms with Crippen LogP contribution in [-0.4, -0.2) is 75.5 Å². The molecular weight excluding hydrogens is 522 g/mol. The summed E-state index contributed by atoms with van der Waals surface area (Å²) in [5.41, 5.74) is 2.43. The Bertz CT molecular complexity index is 1460. The number of benzene rings is 1. The molecule has 3 aliphatic rings. The van der Waals surface area contributed by atoms with Crippen molar-refractivity contribution >= 4 is 28.8 Å². The maximum atomic E-state index is 13.5. The molecule has 0 unspecified atom stereocenters. The van der Waals surface area contributed by atoms with Crippen LogP contribution >= 0.6 is 0 Å². The molecule has 2 fully saturated rings. The first-order valence-electron chi connectivity index (χ1n) is 13.6. The van der Waals surface area contributed by atoms with Crippen LogP contribution in [-0.2, 0) is 11.3 Å². The maximum absolute atomic E-state index is 13.5.